The summed E-state index contributed by atoms with van der Waals surface area (Å²) in [5.41, 5.74) is 2.44. The molecule has 24 heteroatoms. The summed E-state index contributed by atoms with van der Waals surface area (Å²) >= 11 is 0. The normalized spacial score (nSPS) is 22.2. The van der Waals surface area contributed by atoms with Gasteiger partial charge in [-0.3, -0.25) is 38.6 Å². The topological polar surface area (TPSA) is 206 Å². The summed E-state index contributed by atoms with van der Waals surface area (Å²) < 4.78 is 55.1. The number of ether oxygens (including phenoxy) is 2. The van der Waals surface area contributed by atoms with Gasteiger partial charge < -0.3 is 51.2 Å². The molecule has 3 saturated heterocycles. The molecule has 458 valence electrons. The van der Waals surface area contributed by atoms with Crippen molar-refractivity contribution >= 4 is 89.7 Å². The van der Waals surface area contributed by atoms with Crippen molar-refractivity contribution in [2.75, 3.05) is 94.8 Å². The van der Waals surface area contributed by atoms with Crippen LogP contribution < -0.4 is 36.8 Å². The van der Waals surface area contributed by atoms with Crippen LogP contribution in [0.5, 0.6) is 0 Å². The number of rotatable bonds is 19. The molecular weight excluding hydrogens is 1150 g/mol. The van der Waals surface area contributed by atoms with Crippen LogP contribution in [0, 0.1) is 23.4 Å². The van der Waals surface area contributed by atoms with Crippen LogP contribution in [0.2, 0.25) is 0 Å². The molecule has 3 fully saturated rings. The number of nitrogens with zero attached hydrogens (tertiary/aromatic N) is 4. The molecule has 5 aliphatic heterocycles. The number of benzene rings is 4. The summed E-state index contributed by atoms with van der Waals surface area (Å²) in [6.07, 6.45) is 1.63. The molecule has 2 unspecified atom stereocenters. The molecule has 84 heavy (non-hydrogen) atoms. The monoisotopic (exact) mass is 1230 g/mol. The van der Waals surface area contributed by atoms with Gasteiger partial charge >= 0.3 is 0 Å². The van der Waals surface area contributed by atoms with E-state index in [9.17, 15) is 41.9 Å². The number of piperazine rings is 1. The minimum Gasteiger partial charge on any atom is -0.381 e. The first-order valence-corrected chi connectivity index (χ1v) is 28.2. The molecule has 0 aromatic heterocycles. The maximum absolute atomic E-state index is 15.0. The van der Waals surface area contributed by atoms with E-state index in [0.717, 1.165) is 49.0 Å². The van der Waals surface area contributed by atoms with E-state index in [2.05, 4.69) is 55.5 Å². The van der Waals surface area contributed by atoms with E-state index in [0.29, 0.717) is 80.3 Å². The molecule has 4 aromatic rings. The number of carbonyl (C=O) groups excluding carboxylic acids is 6. The van der Waals surface area contributed by atoms with E-state index < -0.39 is 64.5 Å². The standard InChI is InChI=1S/C60H75F3N10O8.3ClH/c1-36-30-71(45(29-66-36)32-70-22-25-81-34-37(70)2)33-52(75)73-35-60(4,47-18-13-40(27-50(47)73)26-39-11-15-43(61)16-12-39)59(79)65-21-7-10-51(74)67-44-17-14-42-31-72(55(46(42)28-44)57(77)69-54-48(62)8-6-9-49(54)63)58(78)53(41-19-23-80-24-20-41)68-56(76)38(3)64-5;;;/h6,8-9,11-18,27-28,36-38,41,45,53,55,64,66H,7,10,19-26,29-35H2,1-5H3,(H,65,79)(H,67,74)(H,68,76)(H,69,77);3*1H/t36-,37-,38?,45-,53?,55+,60-;;;/m1.../s1. The van der Waals surface area contributed by atoms with Crippen molar-refractivity contribution in [1.82, 2.24) is 36.0 Å². The van der Waals surface area contributed by atoms with Crippen LogP contribution in [0.25, 0.3) is 0 Å². The smallest absolute Gasteiger partial charge is 0.252 e. The van der Waals surface area contributed by atoms with E-state index in [-0.39, 0.29) is 118 Å². The molecule has 18 nitrogen and oxygen atoms in total. The summed E-state index contributed by atoms with van der Waals surface area (Å²) in [6, 6.07) is 17.5. The first-order valence-electron chi connectivity index (χ1n) is 28.2. The minimum atomic E-state index is -1.42. The molecule has 4 aromatic carbocycles. The van der Waals surface area contributed by atoms with Crippen molar-refractivity contribution in [2.45, 2.75) is 108 Å². The Morgan fingerprint density at radius 1 is 0.845 bits per heavy atom. The van der Waals surface area contributed by atoms with Crippen molar-refractivity contribution in [3.05, 3.63) is 124 Å². The SMILES string of the molecule is CNC(C)C(=O)NC(C(=O)N1Cc2ccc(NC(=O)CCCNC(=O)[C@]3(C)CN(C(=O)CN4C[C@@H](C)NC[C@@H]4CN4CCOC[C@H]4C)c4cc(Cc5ccc(F)cc5)ccc43)cc2[C@H]1C(=O)Nc1c(F)cccc1F)C1CCOCC1.Cl.Cl.Cl. The Kier molecular flexibility index (Phi) is 24.0. The van der Waals surface area contributed by atoms with Crippen LogP contribution in [-0.4, -0.2) is 160 Å². The van der Waals surface area contributed by atoms with Crippen LogP contribution in [-0.2, 0) is 56.6 Å². The number of hydrogen-bond acceptors (Lipinski definition) is 12. The number of anilines is 3. The summed E-state index contributed by atoms with van der Waals surface area (Å²) in [5.74, 6) is -5.44. The highest BCUT2D eigenvalue weighted by atomic mass is 35.5. The number of carbonyl (C=O) groups is 6. The van der Waals surface area contributed by atoms with Crippen LogP contribution >= 0.6 is 37.2 Å². The predicted octanol–water partition coefficient (Wildman–Crippen LogP) is 6.02. The van der Waals surface area contributed by atoms with Crippen LogP contribution in [0.15, 0.2) is 78.9 Å². The van der Waals surface area contributed by atoms with Crippen LogP contribution in [0.3, 0.4) is 0 Å². The number of likely N-dealkylation sites (N-methyl/N-ethyl adjacent to an activating group) is 1. The number of morpholine rings is 1. The van der Waals surface area contributed by atoms with Gasteiger partial charge in [-0.25, -0.2) is 13.2 Å². The lowest BCUT2D eigenvalue weighted by molar-refractivity contribution is -0.144. The Morgan fingerprint density at radius 3 is 2.26 bits per heavy atom. The van der Waals surface area contributed by atoms with Gasteiger partial charge in [-0.05, 0) is 137 Å². The van der Waals surface area contributed by atoms with E-state index in [1.165, 1.54) is 17.0 Å². The third-order valence-electron chi connectivity index (χ3n) is 16.7. The molecule has 0 saturated carbocycles. The first kappa shape index (κ1) is 67.2. The fraction of sp³-hybridized carbons (Fsp3) is 0.500. The zero-order chi connectivity index (χ0) is 57.5. The molecule has 5 aliphatic rings. The molecule has 0 bridgehead atoms. The molecule has 0 spiro atoms. The largest absolute Gasteiger partial charge is 0.381 e. The fourth-order valence-corrected chi connectivity index (χ4v) is 11.8. The second-order valence-corrected chi connectivity index (χ2v) is 22.5. The molecule has 0 radical (unpaired) electrons. The van der Waals surface area contributed by atoms with Gasteiger partial charge in [0, 0.05) is 94.9 Å². The minimum absolute atomic E-state index is 0. The first-order chi connectivity index (χ1) is 38.9. The van der Waals surface area contributed by atoms with Gasteiger partial charge in [0.25, 0.3) is 5.91 Å². The van der Waals surface area contributed by atoms with E-state index in [1.54, 1.807) is 49.2 Å². The van der Waals surface area contributed by atoms with Crippen molar-refractivity contribution in [3.8, 4) is 0 Å². The number of halogens is 6. The fourth-order valence-electron chi connectivity index (χ4n) is 11.8. The summed E-state index contributed by atoms with van der Waals surface area (Å²) in [5, 5.41) is 17.6. The Morgan fingerprint density at radius 2 is 1.56 bits per heavy atom. The van der Waals surface area contributed by atoms with Crippen LogP contribution in [0.1, 0.15) is 87.2 Å². The lowest BCUT2D eigenvalue weighted by Crippen LogP contribution is -2.62. The average Bonchev–Trinajstić information content (AvgIpc) is 2.57. The molecule has 7 atom stereocenters. The zero-order valence-electron chi connectivity index (χ0n) is 48.0. The summed E-state index contributed by atoms with van der Waals surface area (Å²) in [4.78, 5) is 92.9. The quantitative estimate of drug-likeness (QED) is 0.0597. The molecular formula is C60H78Cl3F3N10O8. The third kappa shape index (κ3) is 15.6. The van der Waals surface area contributed by atoms with E-state index in [4.69, 9.17) is 9.47 Å². The second-order valence-electron chi connectivity index (χ2n) is 22.5. The Balaban J connectivity index is 0.00000377. The zero-order valence-corrected chi connectivity index (χ0v) is 50.4. The van der Waals surface area contributed by atoms with Gasteiger partial charge in [-0.2, -0.15) is 0 Å². The molecule has 0 aliphatic carbocycles. The maximum atomic E-state index is 15.0. The van der Waals surface area contributed by atoms with E-state index >= 15 is 0 Å². The summed E-state index contributed by atoms with van der Waals surface area (Å²) in [7, 11) is 1.62. The van der Waals surface area contributed by atoms with Gasteiger partial charge in [0.1, 0.15) is 35.2 Å². The maximum Gasteiger partial charge on any atom is 0.252 e. The number of fused-ring (bicyclic) bond motifs is 2. The van der Waals surface area contributed by atoms with Crippen molar-refractivity contribution in [3.63, 3.8) is 0 Å². The lowest BCUT2D eigenvalue weighted by Gasteiger charge is -2.43. The number of nitrogens with one attached hydrogen (secondary N) is 6. The molecule has 5 heterocycles. The second kappa shape index (κ2) is 30.0. The number of hydrogen-bond donors (Lipinski definition) is 6. The van der Waals surface area contributed by atoms with Gasteiger partial charge in [0.05, 0.1) is 31.2 Å². The highest BCUT2D eigenvalue weighted by Gasteiger charge is 2.48. The van der Waals surface area contributed by atoms with Crippen molar-refractivity contribution in [1.29, 1.82) is 0 Å². The highest BCUT2D eigenvalue weighted by Crippen LogP contribution is 2.43. The Labute approximate surface area is 507 Å². The third-order valence-corrected chi connectivity index (χ3v) is 16.7. The highest BCUT2D eigenvalue weighted by molar-refractivity contribution is 6.03. The average molecular weight is 1230 g/mol. The van der Waals surface area contributed by atoms with E-state index in [1.807, 2.05) is 25.1 Å². The number of amides is 6. The molecule has 6 N–H and O–H groups in total. The Hall–Kier alpha value is -5.88. The van der Waals surface area contributed by atoms with Gasteiger partial charge in [0.15, 0.2) is 0 Å². The van der Waals surface area contributed by atoms with Gasteiger partial charge in [0.2, 0.25) is 29.5 Å². The van der Waals surface area contributed by atoms with Crippen molar-refractivity contribution < 1.29 is 51.4 Å². The van der Waals surface area contributed by atoms with Gasteiger partial charge in [-0.1, -0.05) is 36.4 Å². The summed E-state index contributed by atoms with van der Waals surface area (Å²) in [6.45, 7) is 13.1. The lowest BCUT2D eigenvalue weighted by atomic mass is 9.83. The molecule has 9 rings (SSSR count). The number of para-hydroxylation sites is 1. The Bertz CT molecular complexity index is 2960. The predicted molar refractivity (Wildman–Crippen MR) is 321 cm³/mol. The molecule has 6 amide bonds. The van der Waals surface area contributed by atoms with Crippen molar-refractivity contribution in [2.24, 2.45) is 5.92 Å². The van der Waals surface area contributed by atoms with Crippen LogP contribution in [0.4, 0.5) is 30.2 Å². The van der Waals surface area contributed by atoms with Gasteiger partial charge in [-0.15, -0.1) is 37.2 Å².